The lowest BCUT2D eigenvalue weighted by molar-refractivity contribution is -0.121. The first-order valence-electron chi connectivity index (χ1n) is 9.82. The molecule has 2 aromatic rings. The lowest BCUT2D eigenvalue weighted by Gasteiger charge is -2.29. The maximum atomic E-state index is 12.3. The molecule has 1 heterocycles. The van der Waals surface area contributed by atoms with Gasteiger partial charge in [0.25, 0.3) is 0 Å². The third kappa shape index (κ3) is 6.18. The van der Waals surface area contributed by atoms with Gasteiger partial charge in [0.1, 0.15) is 0 Å². The Morgan fingerprint density at radius 1 is 1.17 bits per heavy atom. The average molecular weight is 452 g/mol. The highest BCUT2D eigenvalue weighted by atomic mass is 35.5. The van der Waals surface area contributed by atoms with E-state index in [1.807, 2.05) is 31.2 Å². The van der Waals surface area contributed by atoms with E-state index in [1.54, 1.807) is 12.1 Å². The fraction of sp³-hybridized carbons (Fsp3) is 0.381. The molecule has 1 aliphatic heterocycles. The highest BCUT2D eigenvalue weighted by Crippen LogP contribution is 2.20. The van der Waals surface area contributed by atoms with Gasteiger partial charge in [-0.1, -0.05) is 29.8 Å². The van der Waals surface area contributed by atoms with Gasteiger partial charge in [0, 0.05) is 36.8 Å². The molecule has 1 unspecified atom stereocenters. The van der Waals surface area contributed by atoms with Crippen molar-refractivity contribution in [2.75, 3.05) is 37.7 Å². The number of carbonyl (C=O) groups excluding carboxylic acids is 1. The summed E-state index contributed by atoms with van der Waals surface area (Å²) in [6.45, 7) is 5.11. The summed E-state index contributed by atoms with van der Waals surface area (Å²) in [5, 5.41) is 3.24. The van der Waals surface area contributed by atoms with Crippen LogP contribution in [0.2, 0.25) is 5.02 Å². The van der Waals surface area contributed by atoms with Crippen LogP contribution in [0.5, 0.6) is 0 Å². The van der Waals surface area contributed by atoms with E-state index in [1.165, 1.54) is 12.1 Å². The van der Waals surface area contributed by atoms with Gasteiger partial charge in [-0.15, -0.1) is 0 Å². The standard InChI is InChI=1S/C21H26ClN3O4S/c1-16(17-5-7-19(8-6-17)25-11-13-29-14-12-25)24-21(26)9-10-23-30(27,28)20-4-2-3-18(22)15-20/h2-8,15-16,23H,9-14H2,1H3,(H,24,26). The molecule has 162 valence electrons. The second kappa shape index (κ2) is 10.3. The van der Waals surface area contributed by atoms with Crippen LogP contribution >= 0.6 is 11.6 Å². The number of anilines is 1. The molecule has 1 aliphatic rings. The molecular formula is C21H26ClN3O4S. The highest BCUT2D eigenvalue weighted by molar-refractivity contribution is 7.89. The van der Waals surface area contributed by atoms with Gasteiger partial charge in [-0.05, 0) is 42.8 Å². The topological polar surface area (TPSA) is 87.7 Å². The summed E-state index contributed by atoms with van der Waals surface area (Å²) in [6.07, 6.45) is 0.0377. The zero-order valence-electron chi connectivity index (χ0n) is 16.8. The van der Waals surface area contributed by atoms with Gasteiger partial charge >= 0.3 is 0 Å². The molecule has 0 radical (unpaired) electrons. The van der Waals surface area contributed by atoms with Crippen LogP contribution in [-0.4, -0.2) is 47.2 Å². The quantitative estimate of drug-likeness (QED) is 0.644. The van der Waals surface area contributed by atoms with E-state index in [9.17, 15) is 13.2 Å². The summed E-state index contributed by atoms with van der Waals surface area (Å²) >= 11 is 5.84. The number of benzene rings is 2. The van der Waals surface area contributed by atoms with E-state index in [-0.39, 0.29) is 29.8 Å². The fourth-order valence-corrected chi connectivity index (χ4v) is 4.54. The molecule has 0 bridgehead atoms. The number of nitrogens with one attached hydrogen (secondary N) is 2. The van der Waals surface area contributed by atoms with Crippen molar-refractivity contribution in [2.45, 2.75) is 24.3 Å². The average Bonchev–Trinajstić information content (AvgIpc) is 2.74. The SMILES string of the molecule is CC(NC(=O)CCNS(=O)(=O)c1cccc(Cl)c1)c1ccc(N2CCOCC2)cc1. The maximum Gasteiger partial charge on any atom is 0.240 e. The molecule has 0 spiro atoms. The van der Waals surface area contributed by atoms with E-state index in [2.05, 4.69) is 14.9 Å². The van der Waals surface area contributed by atoms with Crippen molar-refractivity contribution >= 4 is 33.2 Å². The Labute approximate surface area is 182 Å². The van der Waals surface area contributed by atoms with Crippen molar-refractivity contribution in [2.24, 2.45) is 0 Å². The molecule has 3 rings (SSSR count). The van der Waals surface area contributed by atoms with Gasteiger partial charge in [-0.2, -0.15) is 0 Å². The monoisotopic (exact) mass is 451 g/mol. The Hall–Kier alpha value is -2.13. The molecule has 1 amide bonds. The smallest absolute Gasteiger partial charge is 0.240 e. The van der Waals surface area contributed by atoms with Crippen LogP contribution in [-0.2, 0) is 19.6 Å². The lowest BCUT2D eigenvalue weighted by Crippen LogP contribution is -2.36. The van der Waals surface area contributed by atoms with E-state index in [0.717, 1.165) is 37.6 Å². The first kappa shape index (κ1) is 22.6. The number of ether oxygens (including phenoxy) is 1. The fourth-order valence-electron chi connectivity index (χ4n) is 3.21. The second-order valence-corrected chi connectivity index (χ2v) is 9.29. The predicted octanol–water partition coefficient (Wildman–Crippen LogP) is 2.72. The Balaban J connectivity index is 1.47. The first-order valence-corrected chi connectivity index (χ1v) is 11.7. The summed E-state index contributed by atoms with van der Waals surface area (Å²) in [5.41, 5.74) is 2.12. The minimum absolute atomic E-state index is 0.00334. The van der Waals surface area contributed by atoms with Crippen LogP contribution in [0.25, 0.3) is 0 Å². The Kier molecular flexibility index (Phi) is 7.71. The van der Waals surface area contributed by atoms with Crippen molar-refractivity contribution in [1.82, 2.24) is 10.0 Å². The van der Waals surface area contributed by atoms with Crippen LogP contribution in [0.3, 0.4) is 0 Å². The molecule has 2 aromatic carbocycles. The summed E-state index contributed by atoms with van der Waals surface area (Å²) in [5.74, 6) is -0.228. The Bertz CT molecular complexity index is 960. The van der Waals surface area contributed by atoms with Gasteiger partial charge in [0.05, 0.1) is 24.2 Å². The zero-order valence-corrected chi connectivity index (χ0v) is 18.4. The molecule has 1 atom stereocenters. The van der Waals surface area contributed by atoms with Crippen LogP contribution in [0.15, 0.2) is 53.4 Å². The lowest BCUT2D eigenvalue weighted by atomic mass is 10.1. The molecule has 2 N–H and O–H groups in total. The van der Waals surface area contributed by atoms with Crippen LogP contribution < -0.4 is 14.9 Å². The Morgan fingerprint density at radius 3 is 2.53 bits per heavy atom. The third-order valence-electron chi connectivity index (χ3n) is 4.90. The highest BCUT2D eigenvalue weighted by Gasteiger charge is 2.16. The molecule has 1 fully saturated rings. The van der Waals surface area contributed by atoms with Gasteiger partial charge in [-0.3, -0.25) is 4.79 Å². The van der Waals surface area contributed by atoms with Gasteiger partial charge in [0.15, 0.2) is 0 Å². The molecular weight excluding hydrogens is 426 g/mol. The first-order chi connectivity index (χ1) is 14.3. The number of hydrogen-bond acceptors (Lipinski definition) is 5. The van der Waals surface area contributed by atoms with Gasteiger partial charge < -0.3 is 15.0 Å². The van der Waals surface area contributed by atoms with E-state index < -0.39 is 10.0 Å². The molecule has 30 heavy (non-hydrogen) atoms. The van der Waals surface area contributed by atoms with Gasteiger partial charge in [0.2, 0.25) is 15.9 Å². The molecule has 1 saturated heterocycles. The van der Waals surface area contributed by atoms with Crippen LogP contribution in [0.1, 0.15) is 24.9 Å². The van der Waals surface area contributed by atoms with Crippen molar-refractivity contribution < 1.29 is 17.9 Å². The van der Waals surface area contributed by atoms with E-state index in [0.29, 0.717) is 5.02 Å². The number of hydrogen-bond donors (Lipinski definition) is 2. The molecule has 0 saturated carbocycles. The van der Waals surface area contributed by atoms with Crippen LogP contribution in [0.4, 0.5) is 5.69 Å². The predicted molar refractivity (Wildman–Crippen MR) is 117 cm³/mol. The number of morpholine rings is 1. The molecule has 7 nitrogen and oxygen atoms in total. The minimum Gasteiger partial charge on any atom is -0.378 e. The number of carbonyl (C=O) groups is 1. The zero-order chi connectivity index (χ0) is 21.6. The van der Waals surface area contributed by atoms with Crippen molar-refractivity contribution in [3.63, 3.8) is 0 Å². The van der Waals surface area contributed by atoms with Crippen molar-refractivity contribution in [1.29, 1.82) is 0 Å². The summed E-state index contributed by atoms with van der Waals surface area (Å²) < 4.78 is 32.3. The van der Waals surface area contributed by atoms with E-state index in [4.69, 9.17) is 16.3 Å². The van der Waals surface area contributed by atoms with Crippen LogP contribution in [0, 0.1) is 0 Å². The minimum atomic E-state index is -3.70. The Morgan fingerprint density at radius 2 is 1.87 bits per heavy atom. The molecule has 0 aliphatic carbocycles. The van der Waals surface area contributed by atoms with Crippen molar-refractivity contribution in [3.05, 3.63) is 59.1 Å². The summed E-state index contributed by atoms with van der Waals surface area (Å²) in [4.78, 5) is 14.6. The maximum absolute atomic E-state index is 12.3. The number of halogens is 1. The van der Waals surface area contributed by atoms with Gasteiger partial charge in [-0.25, -0.2) is 13.1 Å². The number of rotatable bonds is 8. The second-order valence-electron chi connectivity index (χ2n) is 7.09. The van der Waals surface area contributed by atoms with E-state index >= 15 is 0 Å². The summed E-state index contributed by atoms with van der Waals surface area (Å²) in [6, 6.07) is 13.9. The summed E-state index contributed by atoms with van der Waals surface area (Å²) in [7, 11) is -3.70. The molecule has 9 heteroatoms. The third-order valence-corrected chi connectivity index (χ3v) is 6.59. The normalized spacial score (nSPS) is 15.6. The largest absolute Gasteiger partial charge is 0.378 e. The van der Waals surface area contributed by atoms with Crippen molar-refractivity contribution in [3.8, 4) is 0 Å². The number of amides is 1. The molecule has 0 aromatic heterocycles. The number of nitrogens with zero attached hydrogens (tertiary/aromatic N) is 1. The number of sulfonamides is 1.